The van der Waals surface area contributed by atoms with Crippen molar-refractivity contribution in [3.05, 3.63) is 63.4 Å². The van der Waals surface area contributed by atoms with E-state index in [0.717, 1.165) is 0 Å². The number of fused-ring (bicyclic) bond motifs is 1. The van der Waals surface area contributed by atoms with E-state index in [2.05, 4.69) is 10.3 Å². The van der Waals surface area contributed by atoms with Crippen molar-refractivity contribution in [1.82, 2.24) is 15.0 Å². The van der Waals surface area contributed by atoms with Crippen LogP contribution < -0.4 is 11.3 Å². The molecule has 0 saturated carbocycles. The molecule has 1 heterocycles. The summed E-state index contributed by atoms with van der Waals surface area (Å²) >= 11 is 6.11. The van der Waals surface area contributed by atoms with E-state index in [1.165, 1.54) is 4.68 Å². The highest BCUT2D eigenvalue weighted by molar-refractivity contribution is 6.31. The van der Waals surface area contributed by atoms with Crippen molar-refractivity contribution in [1.29, 1.82) is 0 Å². The standard InChI is InChI=1S/C14H11ClN4O/c15-11-5-3-6-12(16)10(11)8-19-14(20)9-4-1-2-7-13(9)17-18-19/h1-7H,8,16H2. The summed E-state index contributed by atoms with van der Waals surface area (Å²) in [4.78, 5) is 12.3. The van der Waals surface area contributed by atoms with Crippen LogP contribution in [-0.4, -0.2) is 15.0 Å². The van der Waals surface area contributed by atoms with Crippen LogP contribution >= 0.6 is 11.6 Å². The van der Waals surface area contributed by atoms with Crippen molar-refractivity contribution in [3.63, 3.8) is 0 Å². The zero-order chi connectivity index (χ0) is 14.1. The second-order valence-electron chi connectivity index (χ2n) is 4.38. The number of halogens is 1. The van der Waals surface area contributed by atoms with E-state index < -0.39 is 0 Å². The van der Waals surface area contributed by atoms with Crippen LogP contribution in [0.1, 0.15) is 5.56 Å². The van der Waals surface area contributed by atoms with E-state index in [9.17, 15) is 4.79 Å². The third-order valence-corrected chi connectivity index (χ3v) is 3.45. The van der Waals surface area contributed by atoms with E-state index in [4.69, 9.17) is 17.3 Å². The topological polar surface area (TPSA) is 73.8 Å². The van der Waals surface area contributed by atoms with Gasteiger partial charge in [-0.3, -0.25) is 4.79 Å². The maximum Gasteiger partial charge on any atom is 0.277 e. The van der Waals surface area contributed by atoms with Crippen molar-refractivity contribution in [2.45, 2.75) is 6.54 Å². The van der Waals surface area contributed by atoms with E-state index in [-0.39, 0.29) is 12.1 Å². The molecule has 6 heteroatoms. The summed E-state index contributed by atoms with van der Waals surface area (Å²) in [6.07, 6.45) is 0. The Morgan fingerprint density at radius 3 is 2.75 bits per heavy atom. The Morgan fingerprint density at radius 2 is 1.95 bits per heavy atom. The van der Waals surface area contributed by atoms with Crippen molar-refractivity contribution < 1.29 is 0 Å². The van der Waals surface area contributed by atoms with Gasteiger partial charge in [-0.25, -0.2) is 4.68 Å². The van der Waals surface area contributed by atoms with Crippen molar-refractivity contribution in [3.8, 4) is 0 Å². The first kappa shape index (κ1) is 12.6. The number of hydrogen-bond donors (Lipinski definition) is 1. The molecule has 0 fully saturated rings. The molecule has 0 unspecified atom stereocenters. The highest BCUT2D eigenvalue weighted by atomic mass is 35.5. The van der Waals surface area contributed by atoms with Crippen LogP contribution in [0.25, 0.3) is 10.9 Å². The Labute approximate surface area is 119 Å². The fraction of sp³-hybridized carbons (Fsp3) is 0.0714. The van der Waals surface area contributed by atoms with Gasteiger partial charge in [-0.1, -0.05) is 35.0 Å². The molecule has 0 atom stereocenters. The van der Waals surface area contributed by atoms with Crippen molar-refractivity contribution in [2.24, 2.45) is 0 Å². The van der Waals surface area contributed by atoms with E-state index >= 15 is 0 Å². The summed E-state index contributed by atoms with van der Waals surface area (Å²) in [5, 5.41) is 8.98. The summed E-state index contributed by atoms with van der Waals surface area (Å²) in [5.74, 6) is 0. The normalized spacial score (nSPS) is 10.8. The summed E-state index contributed by atoms with van der Waals surface area (Å²) in [6.45, 7) is 0.197. The van der Waals surface area contributed by atoms with E-state index in [1.54, 1.807) is 36.4 Å². The molecular weight excluding hydrogens is 276 g/mol. The van der Waals surface area contributed by atoms with Crippen LogP contribution in [-0.2, 0) is 6.54 Å². The molecular formula is C14H11ClN4O. The number of hydrogen-bond acceptors (Lipinski definition) is 4. The largest absolute Gasteiger partial charge is 0.398 e. The number of benzene rings is 2. The van der Waals surface area contributed by atoms with Crippen LogP contribution in [0.5, 0.6) is 0 Å². The summed E-state index contributed by atoms with van der Waals surface area (Å²) < 4.78 is 1.26. The van der Waals surface area contributed by atoms with Crippen LogP contribution in [0.3, 0.4) is 0 Å². The predicted molar refractivity (Wildman–Crippen MR) is 78.8 cm³/mol. The number of nitrogen functional groups attached to an aromatic ring is 1. The summed E-state index contributed by atoms with van der Waals surface area (Å²) in [6, 6.07) is 12.3. The van der Waals surface area contributed by atoms with Gasteiger partial charge >= 0.3 is 0 Å². The van der Waals surface area contributed by atoms with Gasteiger partial charge in [0.25, 0.3) is 5.56 Å². The molecule has 2 N–H and O–H groups in total. The first-order valence-corrected chi connectivity index (χ1v) is 6.40. The summed E-state index contributed by atoms with van der Waals surface area (Å²) in [7, 11) is 0. The van der Waals surface area contributed by atoms with E-state index in [1.807, 2.05) is 6.07 Å². The first-order chi connectivity index (χ1) is 9.66. The average Bonchev–Trinajstić information content (AvgIpc) is 2.45. The molecule has 0 spiro atoms. The Bertz CT molecular complexity index is 824. The molecule has 5 nitrogen and oxygen atoms in total. The molecule has 0 amide bonds. The molecule has 0 aliphatic carbocycles. The third-order valence-electron chi connectivity index (χ3n) is 3.09. The van der Waals surface area contributed by atoms with Crippen LogP contribution in [0.2, 0.25) is 5.02 Å². The maximum absolute atomic E-state index is 12.3. The van der Waals surface area contributed by atoms with Crippen LogP contribution in [0.4, 0.5) is 5.69 Å². The number of nitrogens with zero attached hydrogens (tertiary/aromatic N) is 3. The zero-order valence-electron chi connectivity index (χ0n) is 10.5. The second-order valence-corrected chi connectivity index (χ2v) is 4.78. The SMILES string of the molecule is Nc1cccc(Cl)c1Cn1nnc2ccccc2c1=O. The molecule has 3 aromatic rings. The monoisotopic (exact) mass is 286 g/mol. The van der Waals surface area contributed by atoms with Crippen molar-refractivity contribution >= 4 is 28.2 Å². The Balaban J connectivity index is 2.12. The average molecular weight is 287 g/mol. The zero-order valence-corrected chi connectivity index (χ0v) is 11.2. The first-order valence-electron chi connectivity index (χ1n) is 6.02. The molecule has 20 heavy (non-hydrogen) atoms. The molecule has 0 radical (unpaired) electrons. The highest BCUT2D eigenvalue weighted by Crippen LogP contribution is 2.22. The molecule has 100 valence electrons. The molecule has 2 aromatic carbocycles. The third kappa shape index (κ3) is 2.12. The summed E-state index contributed by atoms with van der Waals surface area (Å²) in [5.41, 5.74) is 7.44. The van der Waals surface area contributed by atoms with Crippen LogP contribution in [0.15, 0.2) is 47.3 Å². The lowest BCUT2D eigenvalue weighted by molar-refractivity contribution is 0.601. The second kappa shape index (κ2) is 4.94. The fourth-order valence-corrected chi connectivity index (χ4v) is 2.26. The van der Waals surface area contributed by atoms with Gasteiger partial charge in [0.1, 0.15) is 5.52 Å². The quantitative estimate of drug-likeness (QED) is 0.732. The fourth-order valence-electron chi connectivity index (χ4n) is 2.02. The lowest BCUT2D eigenvalue weighted by Gasteiger charge is -2.09. The number of aromatic nitrogens is 3. The minimum absolute atomic E-state index is 0.197. The van der Waals surface area contributed by atoms with Gasteiger partial charge < -0.3 is 5.73 Å². The van der Waals surface area contributed by atoms with Gasteiger partial charge in [0.15, 0.2) is 0 Å². The van der Waals surface area contributed by atoms with Gasteiger partial charge in [-0.05, 0) is 24.3 Å². The van der Waals surface area contributed by atoms with Crippen LogP contribution in [0, 0.1) is 0 Å². The van der Waals surface area contributed by atoms with Gasteiger partial charge in [-0.2, -0.15) is 0 Å². The number of anilines is 1. The molecule has 0 aliphatic heterocycles. The molecule has 1 aromatic heterocycles. The molecule has 3 rings (SSSR count). The van der Waals surface area contributed by atoms with Gasteiger partial charge in [0.05, 0.1) is 11.9 Å². The smallest absolute Gasteiger partial charge is 0.277 e. The molecule has 0 bridgehead atoms. The van der Waals surface area contributed by atoms with Gasteiger partial charge in [0, 0.05) is 16.3 Å². The van der Waals surface area contributed by atoms with Crippen molar-refractivity contribution in [2.75, 3.05) is 5.73 Å². The molecule has 0 aliphatic rings. The lowest BCUT2D eigenvalue weighted by atomic mass is 10.2. The highest BCUT2D eigenvalue weighted by Gasteiger charge is 2.09. The van der Waals surface area contributed by atoms with Gasteiger partial charge in [-0.15, -0.1) is 5.10 Å². The van der Waals surface area contributed by atoms with E-state index in [0.29, 0.717) is 27.2 Å². The molecule has 0 saturated heterocycles. The Kier molecular flexibility index (Phi) is 3.12. The Hall–Kier alpha value is -2.40. The van der Waals surface area contributed by atoms with Gasteiger partial charge in [0.2, 0.25) is 0 Å². The minimum Gasteiger partial charge on any atom is -0.398 e. The lowest BCUT2D eigenvalue weighted by Crippen LogP contribution is -2.25. The predicted octanol–water partition coefficient (Wildman–Crippen LogP) is 2.08. The number of nitrogens with two attached hydrogens (primary N) is 1. The number of rotatable bonds is 2. The Morgan fingerprint density at radius 1 is 1.15 bits per heavy atom. The minimum atomic E-state index is -0.213. The maximum atomic E-state index is 12.3.